The van der Waals surface area contributed by atoms with Gasteiger partial charge in [0, 0.05) is 41.2 Å². The standard InChI is InChI=1S/C18H23N3OS2/c1-2-5-14(6-3-1)17-19-18(22-20-17)15-7-4-8-21(11-15)16-12-23-9-10-24-13-16/h1-3,5-6,15-16H,4,7-13H2. The number of benzene rings is 1. The van der Waals surface area contributed by atoms with Gasteiger partial charge < -0.3 is 4.52 Å². The summed E-state index contributed by atoms with van der Waals surface area (Å²) in [5.41, 5.74) is 1.02. The van der Waals surface area contributed by atoms with Gasteiger partial charge in [0.1, 0.15) is 0 Å². The molecule has 0 spiro atoms. The average molecular weight is 362 g/mol. The van der Waals surface area contributed by atoms with Crippen molar-refractivity contribution in [1.82, 2.24) is 15.0 Å². The van der Waals surface area contributed by atoms with Crippen molar-refractivity contribution in [2.45, 2.75) is 24.8 Å². The van der Waals surface area contributed by atoms with Gasteiger partial charge in [-0.25, -0.2) is 0 Å². The van der Waals surface area contributed by atoms with E-state index < -0.39 is 0 Å². The molecule has 6 heteroatoms. The SMILES string of the molecule is c1ccc(-c2noc(C3CCCN(C4CSCCSC4)C3)n2)cc1. The van der Waals surface area contributed by atoms with Gasteiger partial charge in [0.2, 0.25) is 11.7 Å². The molecule has 128 valence electrons. The summed E-state index contributed by atoms with van der Waals surface area (Å²) in [4.78, 5) is 7.35. The van der Waals surface area contributed by atoms with Crippen molar-refractivity contribution in [1.29, 1.82) is 0 Å². The fourth-order valence-corrected chi connectivity index (χ4v) is 6.09. The molecule has 2 aromatic rings. The summed E-state index contributed by atoms with van der Waals surface area (Å²) in [6.07, 6.45) is 2.37. The number of aromatic nitrogens is 2. The number of thioether (sulfide) groups is 2. The zero-order valence-corrected chi connectivity index (χ0v) is 15.4. The molecule has 0 radical (unpaired) electrons. The van der Waals surface area contributed by atoms with Gasteiger partial charge in [-0.05, 0) is 19.4 Å². The summed E-state index contributed by atoms with van der Waals surface area (Å²) in [6.45, 7) is 2.27. The largest absolute Gasteiger partial charge is 0.339 e. The first-order valence-electron chi connectivity index (χ1n) is 8.69. The van der Waals surface area contributed by atoms with Gasteiger partial charge >= 0.3 is 0 Å². The number of hydrogen-bond donors (Lipinski definition) is 0. The van der Waals surface area contributed by atoms with E-state index >= 15 is 0 Å². The van der Waals surface area contributed by atoms with Gasteiger partial charge in [0.15, 0.2) is 0 Å². The Balaban J connectivity index is 1.45. The lowest BCUT2D eigenvalue weighted by Crippen LogP contribution is -2.44. The molecule has 2 fully saturated rings. The van der Waals surface area contributed by atoms with E-state index in [0.717, 1.165) is 24.4 Å². The third-order valence-corrected chi connectivity index (χ3v) is 7.27. The topological polar surface area (TPSA) is 42.2 Å². The van der Waals surface area contributed by atoms with E-state index in [1.807, 2.05) is 30.3 Å². The van der Waals surface area contributed by atoms with Crippen LogP contribution in [0.3, 0.4) is 0 Å². The first-order valence-corrected chi connectivity index (χ1v) is 11.0. The molecular weight excluding hydrogens is 338 g/mol. The highest BCUT2D eigenvalue weighted by atomic mass is 32.2. The van der Waals surface area contributed by atoms with Gasteiger partial charge in [-0.3, -0.25) is 4.90 Å². The molecule has 3 heterocycles. The first-order chi connectivity index (χ1) is 11.9. The van der Waals surface area contributed by atoms with Crippen LogP contribution in [-0.4, -0.2) is 57.2 Å². The fourth-order valence-electron chi connectivity index (χ4n) is 3.46. The van der Waals surface area contributed by atoms with E-state index in [9.17, 15) is 0 Å². The Labute approximate surface area is 151 Å². The minimum atomic E-state index is 0.377. The van der Waals surface area contributed by atoms with Gasteiger partial charge in [0.05, 0.1) is 5.92 Å². The van der Waals surface area contributed by atoms with Gasteiger partial charge in [0.25, 0.3) is 0 Å². The Hall–Kier alpha value is -0.980. The van der Waals surface area contributed by atoms with Crippen molar-refractivity contribution in [3.8, 4) is 11.4 Å². The second kappa shape index (κ2) is 7.93. The van der Waals surface area contributed by atoms with Crippen LogP contribution in [0.25, 0.3) is 11.4 Å². The lowest BCUT2D eigenvalue weighted by molar-refractivity contribution is 0.157. The van der Waals surface area contributed by atoms with Crippen LogP contribution >= 0.6 is 23.5 Å². The fraction of sp³-hybridized carbons (Fsp3) is 0.556. The summed E-state index contributed by atoms with van der Waals surface area (Å²) in [7, 11) is 0. The van der Waals surface area contributed by atoms with E-state index in [4.69, 9.17) is 4.52 Å². The average Bonchev–Trinajstić information content (AvgIpc) is 2.98. The highest BCUT2D eigenvalue weighted by Crippen LogP contribution is 2.30. The predicted molar refractivity (Wildman–Crippen MR) is 102 cm³/mol. The van der Waals surface area contributed by atoms with Gasteiger partial charge in [-0.1, -0.05) is 35.5 Å². The van der Waals surface area contributed by atoms with Crippen LogP contribution in [0.5, 0.6) is 0 Å². The zero-order chi connectivity index (χ0) is 16.2. The molecule has 24 heavy (non-hydrogen) atoms. The van der Waals surface area contributed by atoms with Crippen molar-refractivity contribution < 1.29 is 4.52 Å². The molecule has 0 amide bonds. The molecule has 1 aromatic heterocycles. The molecule has 4 nitrogen and oxygen atoms in total. The second-order valence-electron chi connectivity index (χ2n) is 6.46. The van der Waals surface area contributed by atoms with Crippen molar-refractivity contribution >= 4 is 23.5 Å². The molecule has 1 atom stereocenters. The van der Waals surface area contributed by atoms with Gasteiger partial charge in [-0.15, -0.1) is 0 Å². The Morgan fingerprint density at radius 1 is 1.08 bits per heavy atom. The summed E-state index contributed by atoms with van der Waals surface area (Å²) in [5, 5.41) is 4.20. The van der Waals surface area contributed by atoms with Crippen molar-refractivity contribution in [3.63, 3.8) is 0 Å². The highest BCUT2D eigenvalue weighted by Gasteiger charge is 2.30. The predicted octanol–water partition coefficient (Wildman–Crippen LogP) is 3.76. The second-order valence-corrected chi connectivity index (χ2v) is 8.76. The van der Waals surface area contributed by atoms with Crippen molar-refractivity contribution in [2.24, 2.45) is 0 Å². The number of nitrogens with zero attached hydrogens (tertiary/aromatic N) is 3. The molecule has 0 bridgehead atoms. The van der Waals surface area contributed by atoms with Crippen LogP contribution in [0, 0.1) is 0 Å². The summed E-state index contributed by atoms with van der Waals surface area (Å²) in [6, 6.07) is 10.8. The van der Waals surface area contributed by atoms with E-state index in [1.165, 1.54) is 36.0 Å². The zero-order valence-electron chi connectivity index (χ0n) is 13.8. The van der Waals surface area contributed by atoms with Crippen LogP contribution in [0.15, 0.2) is 34.9 Å². The summed E-state index contributed by atoms with van der Waals surface area (Å²) in [5.74, 6) is 7.01. The molecule has 2 saturated heterocycles. The number of likely N-dealkylation sites (tertiary alicyclic amines) is 1. The van der Waals surface area contributed by atoms with Gasteiger partial charge in [-0.2, -0.15) is 28.5 Å². The van der Waals surface area contributed by atoms with E-state index in [2.05, 4.69) is 38.6 Å². The maximum atomic E-state index is 5.62. The number of rotatable bonds is 3. The minimum Gasteiger partial charge on any atom is -0.339 e. The smallest absolute Gasteiger partial charge is 0.231 e. The van der Waals surface area contributed by atoms with Crippen LogP contribution in [0.1, 0.15) is 24.7 Å². The van der Waals surface area contributed by atoms with Crippen LogP contribution < -0.4 is 0 Å². The normalized spacial score (nSPS) is 23.9. The quantitative estimate of drug-likeness (QED) is 0.829. The maximum Gasteiger partial charge on any atom is 0.231 e. The van der Waals surface area contributed by atoms with E-state index in [1.54, 1.807) is 0 Å². The lowest BCUT2D eigenvalue weighted by atomic mass is 9.97. The molecule has 2 aliphatic heterocycles. The first kappa shape index (κ1) is 16.5. The van der Waals surface area contributed by atoms with Crippen molar-refractivity contribution in [2.75, 3.05) is 36.1 Å². The molecular formula is C18H23N3OS2. The monoisotopic (exact) mass is 361 g/mol. The minimum absolute atomic E-state index is 0.377. The molecule has 0 saturated carbocycles. The summed E-state index contributed by atoms with van der Waals surface area (Å²) >= 11 is 4.20. The molecule has 0 aliphatic carbocycles. The number of piperidine rings is 1. The Bertz CT molecular complexity index is 641. The lowest BCUT2D eigenvalue weighted by Gasteiger charge is -2.36. The molecule has 2 aliphatic rings. The van der Waals surface area contributed by atoms with Crippen LogP contribution in [0.2, 0.25) is 0 Å². The Morgan fingerprint density at radius 3 is 2.67 bits per heavy atom. The molecule has 1 aromatic carbocycles. The van der Waals surface area contributed by atoms with E-state index in [-0.39, 0.29) is 0 Å². The Morgan fingerprint density at radius 2 is 1.88 bits per heavy atom. The summed E-state index contributed by atoms with van der Waals surface area (Å²) < 4.78 is 5.62. The number of hydrogen-bond acceptors (Lipinski definition) is 6. The Kier molecular flexibility index (Phi) is 5.45. The molecule has 0 N–H and O–H groups in total. The maximum absolute atomic E-state index is 5.62. The van der Waals surface area contributed by atoms with Crippen LogP contribution in [0.4, 0.5) is 0 Å². The third kappa shape index (κ3) is 3.81. The van der Waals surface area contributed by atoms with E-state index in [0.29, 0.717) is 17.8 Å². The molecule has 4 rings (SSSR count). The molecule has 1 unspecified atom stereocenters. The van der Waals surface area contributed by atoms with Crippen molar-refractivity contribution in [3.05, 3.63) is 36.2 Å². The van der Waals surface area contributed by atoms with Crippen LogP contribution in [-0.2, 0) is 0 Å². The highest BCUT2D eigenvalue weighted by molar-refractivity contribution is 8.03. The third-order valence-electron chi connectivity index (χ3n) is 4.78.